The van der Waals surface area contributed by atoms with Gasteiger partial charge in [0.15, 0.2) is 0 Å². The predicted octanol–water partition coefficient (Wildman–Crippen LogP) is 1.86. The van der Waals surface area contributed by atoms with Crippen molar-refractivity contribution in [2.45, 2.75) is 19.9 Å². The van der Waals surface area contributed by atoms with E-state index in [0.717, 1.165) is 6.07 Å². The summed E-state index contributed by atoms with van der Waals surface area (Å²) in [6, 6.07) is 0.905. The molecular formula is C12H15FN2O5. The monoisotopic (exact) mass is 286 g/mol. The number of halogens is 1. The summed E-state index contributed by atoms with van der Waals surface area (Å²) in [4.78, 5) is 20.9. The normalized spacial score (nSPS) is 12.2. The van der Waals surface area contributed by atoms with Crippen molar-refractivity contribution in [1.29, 1.82) is 0 Å². The number of aliphatic hydroxyl groups excluding tert-OH is 1. The fourth-order valence-electron chi connectivity index (χ4n) is 1.62. The number of hydrogen-bond acceptors (Lipinski definition) is 5. The number of anilines is 1. The van der Waals surface area contributed by atoms with Gasteiger partial charge in [-0.2, -0.15) is 0 Å². The number of carboxylic acid groups (broad SMARTS) is 1. The number of nitrogens with zero attached hydrogens (tertiary/aromatic N) is 1. The number of carboxylic acids is 1. The van der Waals surface area contributed by atoms with E-state index in [-0.39, 0.29) is 18.2 Å². The number of aromatic carboxylic acids is 1. The molecule has 1 rings (SSSR count). The maximum Gasteiger partial charge on any atom is 0.338 e. The Balaban J connectivity index is 3.30. The van der Waals surface area contributed by atoms with E-state index in [1.807, 2.05) is 0 Å². The van der Waals surface area contributed by atoms with Crippen molar-refractivity contribution in [2.75, 3.05) is 11.9 Å². The van der Waals surface area contributed by atoms with Crippen molar-refractivity contribution < 1.29 is 24.3 Å². The van der Waals surface area contributed by atoms with E-state index in [2.05, 4.69) is 5.32 Å². The van der Waals surface area contributed by atoms with E-state index >= 15 is 0 Å². The molecule has 0 unspecified atom stereocenters. The fraction of sp³-hybridized carbons (Fsp3) is 0.417. The largest absolute Gasteiger partial charge is 0.478 e. The van der Waals surface area contributed by atoms with Gasteiger partial charge in [-0.15, -0.1) is 0 Å². The fourth-order valence-corrected chi connectivity index (χ4v) is 1.62. The molecule has 0 saturated carbocycles. The number of carbonyl (C=O) groups is 1. The molecule has 1 aromatic carbocycles. The summed E-state index contributed by atoms with van der Waals surface area (Å²) in [5.74, 6) is -2.76. The average molecular weight is 286 g/mol. The van der Waals surface area contributed by atoms with E-state index < -0.39 is 34.0 Å². The molecule has 0 radical (unpaired) electrons. The molecule has 0 spiro atoms. The molecule has 1 aromatic rings. The lowest BCUT2D eigenvalue weighted by Crippen LogP contribution is -2.30. The standard InChI is InChI=1S/C12H15FN2O5/c1-6(2)10(5-16)14-9-3-7(12(17)18)8(13)4-11(9)15(19)20/h3-4,6,10,14,16H,5H2,1-2H3,(H,17,18)/t10-/m1/s1. The zero-order valence-electron chi connectivity index (χ0n) is 11.0. The summed E-state index contributed by atoms with van der Waals surface area (Å²) < 4.78 is 13.5. The maximum absolute atomic E-state index is 13.5. The Hall–Kier alpha value is -2.22. The molecular weight excluding hydrogens is 271 g/mol. The van der Waals surface area contributed by atoms with Gasteiger partial charge >= 0.3 is 5.97 Å². The number of aliphatic hydroxyl groups is 1. The Morgan fingerprint density at radius 1 is 1.50 bits per heavy atom. The van der Waals surface area contributed by atoms with Crippen molar-refractivity contribution in [3.63, 3.8) is 0 Å². The molecule has 8 heteroatoms. The first kappa shape index (κ1) is 15.8. The second-order valence-electron chi connectivity index (χ2n) is 4.59. The first-order valence-corrected chi connectivity index (χ1v) is 5.86. The van der Waals surface area contributed by atoms with Gasteiger partial charge in [-0.1, -0.05) is 13.8 Å². The maximum atomic E-state index is 13.5. The molecule has 0 aliphatic rings. The first-order chi connectivity index (χ1) is 9.27. The molecule has 0 heterocycles. The van der Waals surface area contributed by atoms with Crippen molar-refractivity contribution >= 4 is 17.3 Å². The summed E-state index contributed by atoms with van der Waals surface area (Å²) in [6.07, 6.45) is 0. The third-order valence-electron chi connectivity index (χ3n) is 2.85. The highest BCUT2D eigenvalue weighted by Crippen LogP contribution is 2.29. The van der Waals surface area contributed by atoms with Crippen LogP contribution in [0.15, 0.2) is 12.1 Å². The SMILES string of the molecule is CC(C)[C@@H](CO)Nc1cc(C(=O)O)c(F)cc1[N+](=O)[O-]. The van der Waals surface area contributed by atoms with Crippen molar-refractivity contribution in [2.24, 2.45) is 5.92 Å². The summed E-state index contributed by atoms with van der Waals surface area (Å²) >= 11 is 0. The van der Waals surface area contributed by atoms with Gasteiger partial charge in [0, 0.05) is 0 Å². The third kappa shape index (κ3) is 3.41. The van der Waals surface area contributed by atoms with E-state index in [1.165, 1.54) is 0 Å². The highest BCUT2D eigenvalue weighted by molar-refractivity contribution is 5.90. The topological polar surface area (TPSA) is 113 Å². The molecule has 0 aliphatic heterocycles. The first-order valence-electron chi connectivity index (χ1n) is 5.86. The molecule has 20 heavy (non-hydrogen) atoms. The molecule has 7 nitrogen and oxygen atoms in total. The molecule has 0 aromatic heterocycles. The van der Waals surface area contributed by atoms with Crippen molar-refractivity contribution in [3.05, 3.63) is 33.6 Å². The predicted molar refractivity (Wildman–Crippen MR) is 69.3 cm³/mol. The number of rotatable bonds is 6. The number of nitrogens with one attached hydrogen (secondary N) is 1. The van der Waals surface area contributed by atoms with Crippen LogP contribution in [0.1, 0.15) is 24.2 Å². The van der Waals surface area contributed by atoms with Gasteiger partial charge in [0.1, 0.15) is 11.5 Å². The molecule has 110 valence electrons. The van der Waals surface area contributed by atoms with E-state index in [9.17, 15) is 24.4 Å². The minimum Gasteiger partial charge on any atom is -0.478 e. The number of nitro groups is 1. The Bertz CT molecular complexity index is 533. The zero-order valence-corrected chi connectivity index (χ0v) is 11.0. The second-order valence-corrected chi connectivity index (χ2v) is 4.59. The van der Waals surface area contributed by atoms with Gasteiger partial charge in [0.05, 0.1) is 29.2 Å². The lowest BCUT2D eigenvalue weighted by molar-refractivity contribution is -0.384. The van der Waals surface area contributed by atoms with Crippen LogP contribution in [0.4, 0.5) is 15.8 Å². The van der Waals surface area contributed by atoms with Crippen LogP contribution in [-0.4, -0.2) is 33.8 Å². The van der Waals surface area contributed by atoms with Crippen LogP contribution < -0.4 is 5.32 Å². The van der Waals surface area contributed by atoms with Crippen LogP contribution in [0.25, 0.3) is 0 Å². The van der Waals surface area contributed by atoms with Crippen LogP contribution in [-0.2, 0) is 0 Å². The van der Waals surface area contributed by atoms with Crippen LogP contribution in [0, 0.1) is 21.8 Å². The third-order valence-corrected chi connectivity index (χ3v) is 2.85. The van der Waals surface area contributed by atoms with Crippen LogP contribution >= 0.6 is 0 Å². The summed E-state index contributed by atoms with van der Waals surface area (Å²) in [5.41, 5.74) is -1.38. The molecule has 0 bridgehead atoms. The van der Waals surface area contributed by atoms with Crippen molar-refractivity contribution in [3.8, 4) is 0 Å². The Morgan fingerprint density at radius 3 is 2.50 bits per heavy atom. The van der Waals surface area contributed by atoms with Gasteiger partial charge in [0.25, 0.3) is 5.69 Å². The molecule has 0 aliphatic carbocycles. The quantitative estimate of drug-likeness (QED) is 0.543. The van der Waals surface area contributed by atoms with Crippen LogP contribution in [0.5, 0.6) is 0 Å². The molecule has 0 saturated heterocycles. The minimum atomic E-state index is -1.52. The van der Waals surface area contributed by atoms with Crippen molar-refractivity contribution in [1.82, 2.24) is 0 Å². The van der Waals surface area contributed by atoms with Gasteiger partial charge in [-0.3, -0.25) is 10.1 Å². The van der Waals surface area contributed by atoms with Gasteiger partial charge < -0.3 is 15.5 Å². The van der Waals surface area contributed by atoms with Gasteiger partial charge in [-0.05, 0) is 12.0 Å². The Labute approximate surface area is 114 Å². The van der Waals surface area contributed by atoms with E-state index in [0.29, 0.717) is 6.07 Å². The number of benzene rings is 1. The van der Waals surface area contributed by atoms with Gasteiger partial charge in [0.2, 0.25) is 0 Å². The van der Waals surface area contributed by atoms with Crippen LogP contribution in [0.2, 0.25) is 0 Å². The number of hydrogen-bond donors (Lipinski definition) is 3. The lowest BCUT2D eigenvalue weighted by Gasteiger charge is -2.21. The molecule has 0 fully saturated rings. The van der Waals surface area contributed by atoms with E-state index in [1.54, 1.807) is 13.8 Å². The zero-order chi connectivity index (χ0) is 15.4. The highest BCUT2D eigenvalue weighted by Gasteiger charge is 2.24. The molecule has 0 amide bonds. The average Bonchev–Trinajstić information content (AvgIpc) is 2.35. The van der Waals surface area contributed by atoms with Gasteiger partial charge in [-0.25, -0.2) is 9.18 Å². The lowest BCUT2D eigenvalue weighted by atomic mass is 10.0. The number of nitro benzene ring substituents is 1. The Kier molecular flexibility index (Phi) is 4.98. The van der Waals surface area contributed by atoms with E-state index in [4.69, 9.17) is 5.11 Å². The molecule has 1 atom stereocenters. The molecule has 3 N–H and O–H groups in total. The van der Waals surface area contributed by atoms with Crippen LogP contribution in [0.3, 0.4) is 0 Å². The second kappa shape index (κ2) is 6.29. The smallest absolute Gasteiger partial charge is 0.338 e. The minimum absolute atomic E-state index is 0.0575. The Morgan fingerprint density at radius 2 is 2.10 bits per heavy atom. The summed E-state index contributed by atoms with van der Waals surface area (Å²) in [6.45, 7) is 3.26. The highest BCUT2D eigenvalue weighted by atomic mass is 19.1. The summed E-state index contributed by atoms with van der Waals surface area (Å²) in [5, 5.41) is 31.6. The summed E-state index contributed by atoms with van der Waals surface area (Å²) in [7, 11) is 0.